The van der Waals surface area contributed by atoms with Gasteiger partial charge in [-0.15, -0.1) is 0 Å². The second-order valence-electron chi connectivity index (χ2n) is 14.3. The molecule has 0 aliphatic carbocycles. The van der Waals surface area contributed by atoms with Crippen molar-refractivity contribution in [2.24, 2.45) is 11.7 Å². The fourth-order valence-electron chi connectivity index (χ4n) is 5.29. The minimum absolute atomic E-state index is 0.0548. The third kappa shape index (κ3) is 18.1. The van der Waals surface area contributed by atoms with Crippen LogP contribution in [-0.4, -0.2) is 134 Å². The Morgan fingerprint density at radius 3 is 1.78 bits per heavy atom. The summed E-state index contributed by atoms with van der Waals surface area (Å²) in [5, 5.41) is 26.6. The van der Waals surface area contributed by atoms with Gasteiger partial charge in [-0.3, -0.25) is 38.1 Å². The molecule has 1 aromatic heterocycles. The molecule has 0 bridgehead atoms. The zero-order valence-electron chi connectivity index (χ0n) is 33.7. The van der Waals surface area contributed by atoms with Crippen LogP contribution in [0.25, 0.3) is 0 Å². The van der Waals surface area contributed by atoms with E-state index in [4.69, 9.17) is 5.73 Å². The van der Waals surface area contributed by atoms with Gasteiger partial charge in [0, 0.05) is 24.7 Å². The fraction of sp³-hybridized carbons (Fsp3) is 0.528. The van der Waals surface area contributed by atoms with E-state index in [0.29, 0.717) is 17.5 Å². The second-order valence-corrected chi connectivity index (χ2v) is 15.6. The molecule has 0 saturated carbocycles. The molecule has 7 amide bonds. The highest BCUT2D eigenvalue weighted by Gasteiger charge is 2.35. The number of aromatic amines is 1. The lowest BCUT2D eigenvalue weighted by molar-refractivity contribution is -0.136. The number of carbonyl (C=O) groups excluding carboxylic acids is 8. The molecule has 1 aromatic carbocycles. The van der Waals surface area contributed by atoms with Crippen molar-refractivity contribution in [2.75, 3.05) is 13.2 Å². The Morgan fingerprint density at radius 1 is 0.733 bits per heavy atom. The van der Waals surface area contributed by atoms with E-state index in [1.807, 2.05) is 0 Å². The van der Waals surface area contributed by atoms with Crippen molar-refractivity contribution < 1.29 is 62.3 Å². The number of aldehydes is 1. The second kappa shape index (κ2) is 24.5. The Morgan fingerprint density at radius 2 is 1.25 bits per heavy atom. The van der Waals surface area contributed by atoms with Gasteiger partial charge in [0.05, 0.1) is 31.6 Å². The van der Waals surface area contributed by atoms with E-state index >= 15 is 0 Å². The van der Waals surface area contributed by atoms with E-state index in [9.17, 15) is 57.8 Å². The van der Waals surface area contributed by atoms with Crippen molar-refractivity contribution in [1.29, 1.82) is 0 Å². The smallest absolute Gasteiger partial charge is 0.394 e. The van der Waals surface area contributed by atoms with Crippen molar-refractivity contribution in [3.05, 3.63) is 54.1 Å². The molecule has 13 N–H and O–H groups in total. The minimum atomic E-state index is -5.26. The molecule has 0 unspecified atom stereocenters. The SMILES string of the molecule is CC(C)C[C@H](NC(=O)[C@H](COP(=O)(O)O)NC(=O)[C@H](Cc1ccccc1)NC(=O)[C@H](CO)NC(=O)[C@H](C)N)C(=O)N[C@@H](Cc1cnc[nH]1)C(=O)N[C@@H](C)C(=O)N[C@@H](C)C=O. The van der Waals surface area contributed by atoms with Gasteiger partial charge in [0.25, 0.3) is 0 Å². The molecule has 0 fully saturated rings. The van der Waals surface area contributed by atoms with Crippen molar-refractivity contribution in [3.8, 4) is 0 Å². The highest BCUT2D eigenvalue weighted by Crippen LogP contribution is 2.35. The molecule has 2 aromatic rings. The Labute approximate surface area is 345 Å². The van der Waals surface area contributed by atoms with Crippen molar-refractivity contribution in [3.63, 3.8) is 0 Å². The predicted molar refractivity (Wildman–Crippen MR) is 212 cm³/mol. The van der Waals surface area contributed by atoms with Gasteiger partial charge < -0.3 is 67.6 Å². The van der Waals surface area contributed by atoms with Gasteiger partial charge in [0.2, 0.25) is 41.4 Å². The summed E-state index contributed by atoms with van der Waals surface area (Å²) in [7, 11) is -5.26. The van der Waals surface area contributed by atoms with E-state index in [1.165, 1.54) is 33.3 Å². The van der Waals surface area contributed by atoms with Gasteiger partial charge in [0.1, 0.15) is 42.5 Å². The van der Waals surface area contributed by atoms with E-state index in [2.05, 4.69) is 51.7 Å². The van der Waals surface area contributed by atoms with Gasteiger partial charge in [0.15, 0.2) is 0 Å². The quantitative estimate of drug-likeness (QED) is 0.0338. The number of phosphoric acid groups is 1. The first-order valence-corrected chi connectivity index (χ1v) is 20.3. The summed E-state index contributed by atoms with van der Waals surface area (Å²) in [4.78, 5) is 130. The number of benzene rings is 1. The average Bonchev–Trinajstić information content (AvgIpc) is 3.70. The van der Waals surface area contributed by atoms with Gasteiger partial charge in [-0.05, 0) is 38.7 Å². The first kappa shape index (κ1) is 50.6. The van der Waals surface area contributed by atoms with Crippen LogP contribution in [0.3, 0.4) is 0 Å². The standard InChI is InChI=1S/C36H55N10O13P/c1-19(2)11-25(33(52)44-27(13-24-14-38-18-39-24)32(51)41-22(5)31(50)40-20(3)15-47)42-36(55)29(17-59-60(56,57)58)46-34(53)26(12-23-9-7-6-8-10-23)43-35(54)28(16-48)45-30(49)21(4)37/h6-10,14-15,18-22,25-29,48H,11-13,16-17,37H2,1-5H3,(H,38,39)(H,40,50)(H,41,51)(H,42,55)(H,43,54)(H,44,52)(H,45,49)(H,46,53)(H2,56,57,58)/t20-,21-,22-,25-,26-,27-,28-,29-/m0/s1. The van der Waals surface area contributed by atoms with Crippen LogP contribution >= 0.6 is 7.82 Å². The Balaban J connectivity index is 2.41. The monoisotopic (exact) mass is 866 g/mol. The number of aliphatic hydroxyl groups excluding tert-OH is 1. The Bertz CT molecular complexity index is 1810. The molecule has 0 spiro atoms. The first-order chi connectivity index (χ1) is 28.1. The zero-order chi connectivity index (χ0) is 45.2. The third-order valence-corrected chi connectivity index (χ3v) is 8.95. The molecule has 60 heavy (non-hydrogen) atoms. The number of imidazole rings is 1. The number of hydrogen-bond acceptors (Lipinski definition) is 13. The van der Waals surface area contributed by atoms with Crippen LogP contribution < -0.4 is 43.0 Å². The summed E-state index contributed by atoms with van der Waals surface area (Å²) in [5.74, 6) is -6.71. The number of rotatable bonds is 25. The lowest BCUT2D eigenvalue weighted by Crippen LogP contribution is -2.61. The maximum absolute atomic E-state index is 13.9. The van der Waals surface area contributed by atoms with Gasteiger partial charge >= 0.3 is 7.82 Å². The molecular formula is C36H55N10O13P. The summed E-state index contributed by atoms with van der Waals surface area (Å²) in [6, 6.07) is -2.60. The van der Waals surface area contributed by atoms with E-state index < -0.39 is 111 Å². The molecule has 2 rings (SSSR count). The topological polar surface area (TPSA) is 362 Å². The number of hydrogen-bond donors (Lipinski definition) is 12. The summed E-state index contributed by atoms with van der Waals surface area (Å²) in [5.41, 5.74) is 6.47. The lowest BCUT2D eigenvalue weighted by Gasteiger charge is -2.28. The van der Waals surface area contributed by atoms with Crippen molar-refractivity contribution >= 4 is 55.5 Å². The number of nitrogens with one attached hydrogen (secondary N) is 8. The molecule has 1 heterocycles. The van der Waals surface area contributed by atoms with E-state index in [1.54, 1.807) is 44.2 Å². The third-order valence-electron chi connectivity index (χ3n) is 8.47. The molecule has 0 saturated heterocycles. The van der Waals surface area contributed by atoms with Crippen molar-refractivity contribution in [1.82, 2.24) is 47.2 Å². The van der Waals surface area contributed by atoms with Crippen LogP contribution in [0.5, 0.6) is 0 Å². The van der Waals surface area contributed by atoms with Gasteiger partial charge in [-0.2, -0.15) is 0 Å². The maximum atomic E-state index is 13.9. The van der Waals surface area contributed by atoms with Crippen LogP contribution in [0.4, 0.5) is 0 Å². The number of aromatic nitrogens is 2. The molecule has 0 aliphatic rings. The molecule has 332 valence electrons. The van der Waals surface area contributed by atoms with Crippen LogP contribution in [0.2, 0.25) is 0 Å². The number of phosphoric ester groups is 1. The number of amides is 7. The highest BCUT2D eigenvalue weighted by atomic mass is 31.2. The number of nitrogens with zero attached hydrogens (tertiary/aromatic N) is 1. The molecule has 8 atom stereocenters. The predicted octanol–water partition coefficient (Wildman–Crippen LogP) is -3.68. The van der Waals surface area contributed by atoms with Crippen LogP contribution in [0.15, 0.2) is 42.9 Å². The van der Waals surface area contributed by atoms with Crippen LogP contribution in [-0.2, 0) is 60.3 Å². The first-order valence-electron chi connectivity index (χ1n) is 18.8. The summed E-state index contributed by atoms with van der Waals surface area (Å²) < 4.78 is 16.3. The fourth-order valence-corrected chi connectivity index (χ4v) is 5.63. The number of aliphatic hydroxyl groups is 1. The summed E-state index contributed by atoms with van der Waals surface area (Å²) >= 11 is 0. The van der Waals surface area contributed by atoms with Crippen molar-refractivity contribution in [2.45, 2.75) is 102 Å². The summed E-state index contributed by atoms with van der Waals surface area (Å²) in [6.45, 7) is 5.55. The Kier molecular flexibility index (Phi) is 20.6. The molecular weight excluding hydrogens is 811 g/mol. The lowest BCUT2D eigenvalue weighted by atomic mass is 10.0. The van der Waals surface area contributed by atoms with Gasteiger partial charge in [-0.1, -0.05) is 44.2 Å². The molecule has 24 heteroatoms. The highest BCUT2D eigenvalue weighted by molar-refractivity contribution is 7.46. The number of nitrogens with two attached hydrogens (primary N) is 1. The number of H-pyrrole nitrogens is 1. The van der Waals surface area contributed by atoms with E-state index in [0.717, 1.165) is 0 Å². The van der Waals surface area contributed by atoms with Crippen LogP contribution in [0.1, 0.15) is 52.3 Å². The Hall–Kier alpha value is -5.58. The molecule has 0 radical (unpaired) electrons. The average molecular weight is 867 g/mol. The van der Waals surface area contributed by atoms with Gasteiger partial charge in [-0.25, -0.2) is 9.55 Å². The van der Waals surface area contributed by atoms with Crippen LogP contribution in [0, 0.1) is 5.92 Å². The molecule has 0 aliphatic heterocycles. The van der Waals surface area contributed by atoms with E-state index in [-0.39, 0.29) is 25.2 Å². The molecule has 23 nitrogen and oxygen atoms in total. The normalized spacial score (nSPS) is 15.4. The minimum Gasteiger partial charge on any atom is -0.394 e. The summed E-state index contributed by atoms with van der Waals surface area (Å²) in [6.07, 6.45) is 2.80. The largest absolute Gasteiger partial charge is 0.469 e. The maximum Gasteiger partial charge on any atom is 0.469 e. The zero-order valence-corrected chi connectivity index (χ0v) is 34.6. The number of carbonyl (C=O) groups is 8.